The molecule has 23 heavy (non-hydrogen) atoms. The summed E-state index contributed by atoms with van der Waals surface area (Å²) in [4.78, 5) is 16.2. The average Bonchev–Trinajstić information content (AvgIpc) is 3.00. The number of guanidine groups is 1. The smallest absolute Gasteiger partial charge is 0.246 e. The predicted octanol–water partition coefficient (Wildman–Crippen LogP) is 2.45. The summed E-state index contributed by atoms with van der Waals surface area (Å²) in [5.74, 6) is 0.677. The summed E-state index contributed by atoms with van der Waals surface area (Å²) in [6, 6.07) is 6.82. The van der Waals surface area contributed by atoms with Gasteiger partial charge in [-0.15, -0.1) is 24.0 Å². The van der Waals surface area contributed by atoms with Crippen molar-refractivity contribution in [1.29, 1.82) is 0 Å². The molecule has 2 rings (SSSR count). The maximum absolute atomic E-state index is 11.9. The van der Waals surface area contributed by atoms with E-state index in [9.17, 15) is 9.90 Å². The fourth-order valence-corrected chi connectivity index (χ4v) is 2.48. The molecule has 4 N–H and O–H groups in total. The van der Waals surface area contributed by atoms with Gasteiger partial charge in [0.25, 0.3) is 0 Å². The molecule has 0 aromatic heterocycles. The van der Waals surface area contributed by atoms with E-state index in [1.165, 1.54) is 25.0 Å². The number of hydrogen-bond acceptors (Lipinski definition) is 3. The van der Waals surface area contributed by atoms with E-state index in [1.807, 2.05) is 6.92 Å². The van der Waals surface area contributed by atoms with E-state index in [1.54, 1.807) is 12.1 Å². The van der Waals surface area contributed by atoms with Gasteiger partial charge in [0.1, 0.15) is 12.3 Å². The van der Waals surface area contributed by atoms with Crippen molar-refractivity contribution < 1.29 is 9.90 Å². The number of halogens is 1. The van der Waals surface area contributed by atoms with E-state index < -0.39 is 0 Å². The molecule has 1 fully saturated rings. The average molecular weight is 432 g/mol. The molecule has 0 aliphatic heterocycles. The Hall–Kier alpha value is -1.51. The highest BCUT2D eigenvalue weighted by atomic mass is 127. The van der Waals surface area contributed by atoms with Gasteiger partial charge in [-0.05, 0) is 44.0 Å². The molecule has 1 aliphatic carbocycles. The van der Waals surface area contributed by atoms with Gasteiger partial charge < -0.3 is 21.1 Å². The number of hydrogen-bond donors (Lipinski definition) is 4. The maximum atomic E-state index is 11.9. The van der Waals surface area contributed by atoms with Crippen molar-refractivity contribution in [1.82, 2.24) is 10.6 Å². The van der Waals surface area contributed by atoms with E-state index in [4.69, 9.17) is 0 Å². The molecule has 1 aliphatic rings. The first-order chi connectivity index (χ1) is 10.7. The molecule has 128 valence electrons. The molecule has 0 radical (unpaired) electrons. The number of nitrogens with zero attached hydrogens (tertiary/aromatic N) is 1. The highest BCUT2D eigenvalue weighted by Gasteiger charge is 2.16. The summed E-state index contributed by atoms with van der Waals surface area (Å²) in [5.41, 5.74) is 0.645. The van der Waals surface area contributed by atoms with Crippen molar-refractivity contribution in [3.05, 3.63) is 24.3 Å². The minimum atomic E-state index is -0.186. The Labute approximate surface area is 154 Å². The van der Waals surface area contributed by atoms with Crippen molar-refractivity contribution in [2.45, 2.75) is 38.6 Å². The van der Waals surface area contributed by atoms with Gasteiger partial charge in [0, 0.05) is 18.3 Å². The molecule has 0 bridgehead atoms. The molecule has 7 heteroatoms. The largest absolute Gasteiger partial charge is 0.508 e. The number of carbonyl (C=O) groups excluding carboxylic acids is 1. The van der Waals surface area contributed by atoms with E-state index in [0.717, 1.165) is 19.4 Å². The monoisotopic (exact) mass is 432 g/mol. The van der Waals surface area contributed by atoms with Crippen LogP contribution in [-0.2, 0) is 4.79 Å². The van der Waals surface area contributed by atoms with Gasteiger partial charge in [-0.1, -0.05) is 12.8 Å². The standard InChI is InChI=1S/C16H24N4O2.HI/c1-2-17-16(20-12-5-3-4-6-12)18-11-15(22)19-13-7-9-14(21)10-8-13;/h7-10,12,21H,2-6,11H2,1H3,(H,19,22)(H2,17,18,20);1H. The third kappa shape index (κ3) is 7.06. The van der Waals surface area contributed by atoms with Crippen LogP contribution in [0.3, 0.4) is 0 Å². The Kier molecular flexibility index (Phi) is 8.75. The first-order valence-electron chi connectivity index (χ1n) is 7.81. The molecule has 0 saturated heterocycles. The third-order valence-electron chi connectivity index (χ3n) is 3.57. The van der Waals surface area contributed by atoms with Gasteiger partial charge in [-0.2, -0.15) is 0 Å². The van der Waals surface area contributed by atoms with Gasteiger partial charge >= 0.3 is 0 Å². The van der Waals surface area contributed by atoms with Crippen LogP contribution < -0.4 is 16.0 Å². The number of phenols is 1. The number of carbonyl (C=O) groups is 1. The summed E-state index contributed by atoms with van der Waals surface area (Å²) in [6.45, 7) is 2.82. The summed E-state index contributed by atoms with van der Waals surface area (Å²) >= 11 is 0. The molecule has 0 heterocycles. The lowest BCUT2D eigenvalue weighted by Gasteiger charge is -2.16. The van der Waals surface area contributed by atoms with E-state index in [2.05, 4.69) is 20.9 Å². The zero-order valence-electron chi connectivity index (χ0n) is 13.3. The highest BCUT2D eigenvalue weighted by Crippen LogP contribution is 2.17. The quantitative estimate of drug-likeness (QED) is 0.249. The number of nitrogens with one attached hydrogen (secondary N) is 3. The Morgan fingerprint density at radius 1 is 1.26 bits per heavy atom. The Morgan fingerprint density at radius 2 is 1.91 bits per heavy atom. The minimum absolute atomic E-state index is 0. The minimum Gasteiger partial charge on any atom is -0.508 e. The van der Waals surface area contributed by atoms with Crippen molar-refractivity contribution in [3.8, 4) is 5.75 Å². The molecule has 1 amide bonds. The lowest BCUT2D eigenvalue weighted by atomic mass is 10.2. The molecule has 1 aromatic carbocycles. The van der Waals surface area contributed by atoms with Crippen LogP contribution in [0.15, 0.2) is 29.3 Å². The van der Waals surface area contributed by atoms with Crippen LogP contribution in [0.5, 0.6) is 5.75 Å². The van der Waals surface area contributed by atoms with E-state index in [0.29, 0.717) is 17.7 Å². The first-order valence-corrected chi connectivity index (χ1v) is 7.81. The zero-order chi connectivity index (χ0) is 15.8. The van der Waals surface area contributed by atoms with Gasteiger partial charge in [-0.3, -0.25) is 4.79 Å². The van der Waals surface area contributed by atoms with Crippen LogP contribution >= 0.6 is 24.0 Å². The second-order valence-electron chi connectivity index (χ2n) is 5.42. The fraction of sp³-hybridized carbons (Fsp3) is 0.500. The molecule has 1 saturated carbocycles. The van der Waals surface area contributed by atoms with Crippen LogP contribution in [0.1, 0.15) is 32.6 Å². The SMILES string of the molecule is CCNC(=NCC(=O)Nc1ccc(O)cc1)NC1CCCC1.I. The molecular weight excluding hydrogens is 407 g/mol. The topological polar surface area (TPSA) is 85.8 Å². The van der Waals surface area contributed by atoms with Crippen LogP contribution in [0.2, 0.25) is 0 Å². The first kappa shape index (κ1) is 19.5. The molecule has 1 aromatic rings. The van der Waals surface area contributed by atoms with Gasteiger partial charge in [-0.25, -0.2) is 4.99 Å². The van der Waals surface area contributed by atoms with Crippen LogP contribution in [0, 0.1) is 0 Å². The summed E-state index contributed by atoms with van der Waals surface area (Å²) < 4.78 is 0. The Morgan fingerprint density at radius 3 is 2.52 bits per heavy atom. The van der Waals surface area contributed by atoms with Crippen molar-refractivity contribution in [3.63, 3.8) is 0 Å². The Balaban J connectivity index is 0.00000264. The summed E-state index contributed by atoms with van der Waals surface area (Å²) in [7, 11) is 0. The van der Waals surface area contributed by atoms with Crippen LogP contribution in [0.25, 0.3) is 0 Å². The Bertz CT molecular complexity index is 513. The molecule has 0 unspecified atom stereocenters. The molecule has 0 spiro atoms. The van der Waals surface area contributed by atoms with Gasteiger partial charge in [0.15, 0.2) is 5.96 Å². The van der Waals surface area contributed by atoms with Crippen molar-refractivity contribution in [2.75, 3.05) is 18.4 Å². The number of benzene rings is 1. The summed E-state index contributed by atoms with van der Waals surface area (Å²) in [5, 5.41) is 18.5. The lowest BCUT2D eigenvalue weighted by molar-refractivity contribution is -0.114. The number of phenolic OH excluding ortho intramolecular Hbond substituents is 1. The van der Waals surface area contributed by atoms with Gasteiger partial charge in [0.2, 0.25) is 5.91 Å². The van der Waals surface area contributed by atoms with E-state index in [-0.39, 0.29) is 42.2 Å². The van der Waals surface area contributed by atoms with Crippen LogP contribution in [-0.4, -0.2) is 36.1 Å². The number of anilines is 1. The fourth-order valence-electron chi connectivity index (χ4n) is 2.48. The second-order valence-corrected chi connectivity index (χ2v) is 5.42. The zero-order valence-corrected chi connectivity index (χ0v) is 15.7. The summed E-state index contributed by atoms with van der Waals surface area (Å²) in [6.07, 6.45) is 4.81. The molecular formula is C16H25IN4O2. The highest BCUT2D eigenvalue weighted by molar-refractivity contribution is 14.0. The predicted molar refractivity (Wildman–Crippen MR) is 104 cm³/mol. The molecule has 6 nitrogen and oxygen atoms in total. The number of aromatic hydroxyl groups is 1. The van der Waals surface area contributed by atoms with Crippen molar-refractivity contribution >= 4 is 41.5 Å². The lowest BCUT2D eigenvalue weighted by Crippen LogP contribution is -2.42. The van der Waals surface area contributed by atoms with E-state index >= 15 is 0 Å². The second kappa shape index (κ2) is 10.3. The van der Waals surface area contributed by atoms with Crippen LogP contribution in [0.4, 0.5) is 5.69 Å². The number of amides is 1. The normalized spacial score (nSPS) is 14.9. The van der Waals surface area contributed by atoms with Gasteiger partial charge in [0.05, 0.1) is 0 Å². The number of aliphatic imine (C=N–C) groups is 1. The van der Waals surface area contributed by atoms with Crippen molar-refractivity contribution in [2.24, 2.45) is 4.99 Å². The number of rotatable bonds is 5. The maximum Gasteiger partial charge on any atom is 0.246 e. The third-order valence-corrected chi connectivity index (χ3v) is 3.57. The molecule has 0 atom stereocenters.